The first-order valence-corrected chi connectivity index (χ1v) is 9.19. The molecule has 1 fully saturated rings. The Morgan fingerprint density at radius 2 is 2.09 bits per heavy atom. The lowest BCUT2D eigenvalue weighted by molar-refractivity contribution is 0.127. The molecule has 1 saturated heterocycles. The minimum atomic E-state index is -3.40. The van der Waals surface area contributed by atoms with Gasteiger partial charge in [-0.3, -0.25) is 0 Å². The molecule has 0 bridgehead atoms. The van der Waals surface area contributed by atoms with Gasteiger partial charge in [-0.1, -0.05) is 0 Å². The predicted octanol–water partition coefficient (Wildman–Crippen LogP) is 1.14. The summed E-state index contributed by atoms with van der Waals surface area (Å²) in [6.45, 7) is 2.32. The molecule has 1 aliphatic heterocycles. The molecule has 0 unspecified atom stereocenters. The lowest BCUT2D eigenvalue weighted by atomic mass is 10.3. The Morgan fingerprint density at radius 1 is 1.39 bits per heavy atom. The second kappa shape index (κ2) is 7.76. The van der Waals surface area contributed by atoms with E-state index in [1.807, 2.05) is 0 Å². The van der Waals surface area contributed by atoms with E-state index in [2.05, 4.69) is 10.6 Å². The van der Waals surface area contributed by atoms with Crippen molar-refractivity contribution >= 4 is 21.6 Å². The van der Waals surface area contributed by atoms with Crippen molar-refractivity contribution in [1.82, 2.24) is 5.32 Å². The number of carbonyl (C=O) groups is 1. The van der Waals surface area contributed by atoms with Crippen LogP contribution in [0.5, 0.6) is 0 Å². The highest BCUT2D eigenvalue weighted by molar-refractivity contribution is 7.91. The number of benzene rings is 1. The summed E-state index contributed by atoms with van der Waals surface area (Å²) in [6, 6.07) is 5.54. The van der Waals surface area contributed by atoms with E-state index in [0.717, 1.165) is 12.8 Å². The van der Waals surface area contributed by atoms with Gasteiger partial charge in [0.25, 0.3) is 0 Å². The molecule has 8 heteroatoms. The van der Waals surface area contributed by atoms with Gasteiger partial charge in [0.15, 0.2) is 9.84 Å². The summed E-state index contributed by atoms with van der Waals surface area (Å²) >= 11 is 0. The number of hydrogen-bond acceptors (Lipinski definition) is 5. The second-order valence-electron chi connectivity index (χ2n) is 5.62. The molecular formula is C15H22N2O5S. The van der Waals surface area contributed by atoms with Crippen molar-refractivity contribution in [3.8, 4) is 0 Å². The molecular weight excluding hydrogens is 320 g/mol. The number of ether oxygens (including phenoxy) is 1. The fourth-order valence-electron chi connectivity index (χ4n) is 2.28. The van der Waals surface area contributed by atoms with Crippen molar-refractivity contribution in [2.24, 2.45) is 0 Å². The molecule has 3 N–H and O–H groups in total. The Hall–Kier alpha value is -1.64. The van der Waals surface area contributed by atoms with Crippen LogP contribution in [0.4, 0.5) is 10.5 Å². The fraction of sp³-hybridized carbons (Fsp3) is 0.533. The van der Waals surface area contributed by atoms with Crippen LogP contribution >= 0.6 is 0 Å². The van der Waals surface area contributed by atoms with E-state index in [1.54, 1.807) is 6.92 Å². The van der Waals surface area contributed by atoms with Crippen LogP contribution in [0.1, 0.15) is 19.8 Å². The van der Waals surface area contributed by atoms with Gasteiger partial charge in [0.05, 0.1) is 22.9 Å². The van der Waals surface area contributed by atoms with Gasteiger partial charge in [-0.2, -0.15) is 0 Å². The van der Waals surface area contributed by atoms with Crippen molar-refractivity contribution in [3.63, 3.8) is 0 Å². The Balaban J connectivity index is 1.94. The first-order valence-electron chi connectivity index (χ1n) is 7.54. The highest BCUT2D eigenvalue weighted by atomic mass is 32.2. The molecule has 1 heterocycles. The van der Waals surface area contributed by atoms with E-state index in [0.29, 0.717) is 12.3 Å². The summed E-state index contributed by atoms with van der Waals surface area (Å²) in [7, 11) is -3.40. The van der Waals surface area contributed by atoms with Gasteiger partial charge in [-0.15, -0.1) is 0 Å². The fourth-order valence-corrected chi connectivity index (χ4v) is 3.77. The quantitative estimate of drug-likeness (QED) is 0.719. The van der Waals surface area contributed by atoms with Crippen molar-refractivity contribution < 1.29 is 23.1 Å². The number of sulfone groups is 1. The van der Waals surface area contributed by atoms with Gasteiger partial charge in [0.1, 0.15) is 0 Å². The number of rotatable bonds is 6. The smallest absolute Gasteiger partial charge is 0.319 e. The van der Waals surface area contributed by atoms with E-state index in [-0.39, 0.29) is 23.3 Å². The topological polar surface area (TPSA) is 105 Å². The summed E-state index contributed by atoms with van der Waals surface area (Å²) < 4.78 is 30.0. The zero-order valence-corrected chi connectivity index (χ0v) is 13.8. The lowest BCUT2D eigenvalue weighted by Crippen LogP contribution is -2.34. The average Bonchev–Trinajstić information content (AvgIpc) is 2.98. The molecule has 0 saturated carbocycles. The van der Waals surface area contributed by atoms with Crippen molar-refractivity contribution in [2.75, 3.05) is 24.2 Å². The van der Waals surface area contributed by atoms with E-state index < -0.39 is 22.0 Å². The van der Waals surface area contributed by atoms with Gasteiger partial charge < -0.3 is 20.5 Å². The van der Waals surface area contributed by atoms with Crippen LogP contribution in [0.15, 0.2) is 29.2 Å². The lowest BCUT2D eigenvalue weighted by Gasteiger charge is -2.11. The maximum Gasteiger partial charge on any atom is 0.319 e. The van der Waals surface area contributed by atoms with Gasteiger partial charge >= 0.3 is 6.03 Å². The predicted molar refractivity (Wildman–Crippen MR) is 86.2 cm³/mol. The highest BCUT2D eigenvalue weighted by Crippen LogP contribution is 2.20. The van der Waals surface area contributed by atoms with Crippen molar-refractivity contribution in [3.05, 3.63) is 24.3 Å². The highest BCUT2D eigenvalue weighted by Gasteiger charge is 2.24. The number of hydrogen-bond donors (Lipinski definition) is 3. The van der Waals surface area contributed by atoms with Gasteiger partial charge in [-0.05, 0) is 44.0 Å². The van der Waals surface area contributed by atoms with Crippen LogP contribution in [0.3, 0.4) is 0 Å². The number of aliphatic hydroxyl groups excluding tert-OH is 1. The number of urea groups is 1. The number of aliphatic hydroxyl groups is 1. The summed E-state index contributed by atoms with van der Waals surface area (Å²) in [5.74, 6) is -0.0192. The molecule has 0 aromatic heterocycles. The maximum atomic E-state index is 12.3. The average molecular weight is 342 g/mol. The zero-order chi connectivity index (χ0) is 16.9. The first kappa shape index (κ1) is 17.7. The molecule has 0 spiro atoms. The third-order valence-electron chi connectivity index (χ3n) is 3.46. The van der Waals surface area contributed by atoms with Crippen LogP contribution < -0.4 is 10.6 Å². The second-order valence-corrected chi connectivity index (χ2v) is 7.66. The van der Waals surface area contributed by atoms with Crippen LogP contribution in [0.2, 0.25) is 0 Å². The molecule has 1 aromatic rings. The van der Waals surface area contributed by atoms with Gasteiger partial charge in [-0.25, -0.2) is 13.2 Å². The molecule has 2 atom stereocenters. The summed E-state index contributed by atoms with van der Waals surface area (Å²) in [6.07, 6.45) is 0.794. The molecule has 1 aliphatic rings. The summed E-state index contributed by atoms with van der Waals surface area (Å²) in [4.78, 5) is 11.8. The number of carbonyl (C=O) groups excluding carboxylic acids is 1. The number of anilines is 1. The van der Waals surface area contributed by atoms with Crippen molar-refractivity contribution in [1.29, 1.82) is 0 Å². The number of nitrogens with one attached hydrogen (secondary N) is 2. The molecule has 0 aliphatic carbocycles. The molecule has 2 amide bonds. The van der Waals surface area contributed by atoms with E-state index in [9.17, 15) is 13.2 Å². The molecule has 1 aromatic carbocycles. The summed E-state index contributed by atoms with van der Waals surface area (Å²) in [5, 5.41) is 14.1. The van der Waals surface area contributed by atoms with E-state index in [1.165, 1.54) is 24.3 Å². The van der Waals surface area contributed by atoms with E-state index in [4.69, 9.17) is 9.84 Å². The SMILES string of the molecule is C[C@@H](O)CNC(=O)Nc1ccc(S(=O)(=O)C[C@H]2CCCO2)cc1. The number of amides is 2. The molecule has 0 radical (unpaired) electrons. The summed E-state index contributed by atoms with van der Waals surface area (Å²) in [5.41, 5.74) is 0.476. The van der Waals surface area contributed by atoms with Crippen LogP contribution in [-0.2, 0) is 14.6 Å². The Morgan fingerprint density at radius 3 is 2.65 bits per heavy atom. The van der Waals surface area contributed by atoms with Crippen molar-refractivity contribution in [2.45, 2.75) is 36.9 Å². The molecule has 128 valence electrons. The Kier molecular flexibility index (Phi) is 5.97. The van der Waals surface area contributed by atoms with Crippen LogP contribution in [0.25, 0.3) is 0 Å². The molecule has 23 heavy (non-hydrogen) atoms. The third kappa shape index (κ3) is 5.49. The van der Waals surface area contributed by atoms with Gasteiger partial charge in [0.2, 0.25) is 0 Å². The minimum Gasteiger partial charge on any atom is -0.392 e. The monoisotopic (exact) mass is 342 g/mol. The largest absolute Gasteiger partial charge is 0.392 e. The van der Waals surface area contributed by atoms with E-state index >= 15 is 0 Å². The standard InChI is InChI=1S/C15H22N2O5S/c1-11(18)9-16-15(19)17-12-4-6-14(7-5-12)23(20,21)10-13-3-2-8-22-13/h4-7,11,13,18H,2-3,8-10H2,1H3,(H2,16,17,19)/t11-,13-/m1/s1. The van der Waals surface area contributed by atoms with Crippen LogP contribution in [-0.4, -0.2) is 50.7 Å². The minimum absolute atomic E-state index is 0.0192. The Labute approximate surface area is 136 Å². The first-order chi connectivity index (χ1) is 10.9. The maximum absolute atomic E-state index is 12.3. The molecule has 7 nitrogen and oxygen atoms in total. The van der Waals surface area contributed by atoms with Gasteiger partial charge in [0, 0.05) is 18.8 Å². The third-order valence-corrected chi connectivity index (χ3v) is 5.26. The molecule has 2 rings (SSSR count). The Bertz CT molecular complexity index is 622. The normalized spacial score (nSPS) is 19.3. The zero-order valence-electron chi connectivity index (χ0n) is 13.0. The van der Waals surface area contributed by atoms with Crippen LogP contribution in [0, 0.1) is 0 Å².